The fourth-order valence-corrected chi connectivity index (χ4v) is 1.31. The molecule has 0 saturated carbocycles. The summed E-state index contributed by atoms with van der Waals surface area (Å²) in [7, 11) is 0. The number of hydrogen-bond donors (Lipinski definition) is 1. The molecule has 0 aliphatic carbocycles. The molecule has 0 heterocycles. The van der Waals surface area contributed by atoms with Crippen molar-refractivity contribution in [1.29, 1.82) is 0 Å². The van der Waals surface area contributed by atoms with E-state index in [1.165, 1.54) is 6.07 Å². The lowest BCUT2D eigenvalue weighted by molar-refractivity contribution is 0.218. The summed E-state index contributed by atoms with van der Waals surface area (Å²) in [6.45, 7) is 3.78. The number of aryl methyl sites for hydroxylation is 1. The molecule has 0 fully saturated rings. The Labute approximate surface area is 96.3 Å². The Morgan fingerprint density at radius 1 is 1.44 bits per heavy atom. The summed E-state index contributed by atoms with van der Waals surface area (Å²) in [5.41, 5.74) is 1.22. The van der Waals surface area contributed by atoms with Crippen LogP contribution in [0.5, 0.6) is 0 Å². The van der Waals surface area contributed by atoms with E-state index in [9.17, 15) is 9.50 Å². The van der Waals surface area contributed by atoms with Crippen molar-refractivity contribution in [3.8, 4) is 11.8 Å². The molecule has 0 saturated heterocycles. The average molecular weight is 220 g/mol. The van der Waals surface area contributed by atoms with Crippen molar-refractivity contribution in [1.82, 2.24) is 0 Å². The second kappa shape index (κ2) is 6.30. The van der Waals surface area contributed by atoms with Gasteiger partial charge in [-0.25, -0.2) is 4.39 Å². The first kappa shape index (κ1) is 12.7. The summed E-state index contributed by atoms with van der Waals surface area (Å²) in [5, 5.41) is 9.50. The maximum Gasteiger partial charge on any atom is 0.127 e. The minimum absolute atomic E-state index is 0.255. The van der Waals surface area contributed by atoms with Crippen molar-refractivity contribution in [3.63, 3.8) is 0 Å². The summed E-state index contributed by atoms with van der Waals surface area (Å²) < 4.78 is 13.2. The van der Waals surface area contributed by atoms with Crippen LogP contribution in [0.25, 0.3) is 0 Å². The van der Waals surface area contributed by atoms with Crippen molar-refractivity contribution < 1.29 is 9.50 Å². The van der Waals surface area contributed by atoms with Gasteiger partial charge in [0.05, 0.1) is 0 Å². The third-order valence-electron chi connectivity index (χ3n) is 2.39. The standard InChI is InChI=1S/C14H17FO/c1-3-4-5-13(16)9-8-12-7-6-11(2)14(15)10-12/h6-7,10,13,16H,3-5H2,1-2H3. The lowest BCUT2D eigenvalue weighted by Gasteiger charge is -2.00. The Morgan fingerprint density at radius 2 is 2.19 bits per heavy atom. The Hall–Kier alpha value is -1.33. The molecule has 1 N–H and O–H groups in total. The SMILES string of the molecule is CCCCC(O)C#Cc1ccc(C)c(F)c1. The highest BCUT2D eigenvalue weighted by Crippen LogP contribution is 2.08. The van der Waals surface area contributed by atoms with Gasteiger partial charge in [0.1, 0.15) is 11.9 Å². The number of hydrogen-bond acceptors (Lipinski definition) is 1. The van der Waals surface area contributed by atoms with Crippen LogP contribution in [0, 0.1) is 24.6 Å². The van der Waals surface area contributed by atoms with Crippen molar-refractivity contribution >= 4 is 0 Å². The number of halogens is 1. The molecule has 0 aliphatic rings. The lowest BCUT2D eigenvalue weighted by atomic mass is 10.1. The largest absolute Gasteiger partial charge is 0.380 e. The van der Waals surface area contributed by atoms with Crippen LogP contribution in [0.15, 0.2) is 18.2 Å². The van der Waals surface area contributed by atoms with Gasteiger partial charge in [-0.2, -0.15) is 0 Å². The van der Waals surface area contributed by atoms with Gasteiger partial charge in [0.2, 0.25) is 0 Å². The van der Waals surface area contributed by atoms with Gasteiger partial charge in [-0.15, -0.1) is 0 Å². The van der Waals surface area contributed by atoms with Crippen LogP contribution in [-0.4, -0.2) is 11.2 Å². The van der Waals surface area contributed by atoms with E-state index in [1.54, 1.807) is 19.1 Å². The maximum atomic E-state index is 13.2. The van der Waals surface area contributed by atoms with Gasteiger partial charge < -0.3 is 5.11 Å². The monoisotopic (exact) mass is 220 g/mol. The molecule has 0 bridgehead atoms. The van der Waals surface area contributed by atoms with E-state index in [0.29, 0.717) is 17.5 Å². The van der Waals surface area contributed by atoms with Crippen LogP contribution in [0.3, 0.4) is 0 Å². The van der Waals surface area contributed by atoms with E-state index >= 15 is 0 Å². The molecule has 16 heavy (non-hydrogen) atoms. The molecule has 1 rings (SSSR count). The topological polar surface area (TPSA) is 20.2 Å². The highest BCUT2D eigenvalue weighted by atomic mass is 19.1. The Morgan fingerprint density at radius 3 is 2.81 bits per heavy atom. The molecular weight excluding hydrogens is 203 g/mol. The second-order valence-electron chi connectivity index (χ2n) is 3.89. The molecule has 1 unspecified atom stereocenters. The number of aliphatic hydroxyl groups is 1. The Kier molecular flexibility index (Phi) is 5.01. The first-order valence-corrected chi connectivity index (χ1v) is 5.59. The maximum absolute atomic E-state index is 13.2. The minimum Gasteiger partial charge on any atom is -0.380 e. The van der Waals surface area contributed by atoms with E-state index in [-0.39, 0.29) is 5.82 Å². The zero-order valence-corrected chi connectivity index (χ0v) is 9.76. The van der Waals surface area contributed by atoms with Crippen LogP contribution < -0.4 is 0 Å². The first-order valence-electron chi connectivity index (χ1n) is 5.59. The Bertz CT molecular complexity index is 401. The van der Waals surface area contributed by atoms with Crippen LogP contribution >= 0.6 is 0 Å². The second-order valence-corrected chi connectivity index (χ2v) is 3.89. The van der Waals surface area contributed by atoms with Crippen molar-refractivity contribution in [2.45, 2.75) is 39.2 Å². The molecule has 86 valence electrons. The number of benzene rings is 1. The van der Waals surface area contributed by atoms with Crippen LogP contribution in [0.1, 0.15) is 37.3 Å². The molecule has 1 atom stereocenters. The predicted molar refractivity (Wildman–Crippen MR) is 63.5 cm³/mol. The molecule has 1 aromatic carbocycles. The van der Waals surface area contributed by atoms with Crippen molar-refractivity contribution in [3.05, 3.63) is 35.1 Å². The summed E-state index contributed by atoms with van der Waals surface area (Å²) in [4.78, 5) is 0. The fourth-order valence-electron chi connectivity index (χ4n) is 1.31. The lowest BCUT2D eigenvalue weighted by Crippen LogP contribution is -2.01. The smallest absolute Gasteiger partial charge is 0.127 e. The van der Waals surface area contributed by atoms with Crippen LogP contribution in [0.2, 0.25) is 0 Å². The zero-order valence-electron chi connectivity index (χ0n) is 9.76. The third-order valence-corrected chi connectivity index (χ3v) is 2.39. The summed E-state index contributed by atoms with van der Waals surface area (Å²) in [6, 6.07) is 4.85. The molecule has 0 spiro atoms. The minimum atomic E-state index is -0.607. The molecule has 0 aliphatic heterocycles. The molecule has 2 heteroatoms. The van der Waals surface area contributed by atoms with Crippen LogP contribution in [-0.2, 0) is 0 Å². The molecule has 1 nitrogen and oxygen atoms in total. The molecule has 0 amide bonds. The van der Waals surface area contributed by atoms with Crippen molar-refractivity contribution in [2.24, 2.45) is 0 Å². The summed E-state index contributed by atoms with van der Waals surface area (Å²) >= 11 is 0. The highest BCUT2D eigenvalue weighted by molar-refractivity contribution is 5.37. The molecule has 1 aromatic rings. The van der Waals surface area contributed by atoms with E-state index in [4.69, 9.17) is 0 Å². The van der Waals surface area contributed by atoms with Gasteiger partial charge in [-0.1, -0.05) is 37.7 Å². The van der Waals surface area contributed by atoms with Gasteiger partial charge in [0.15, 0.2) is 0 Å². The molecule has 0 radical (unpaired) electrons. The number of rotatable bonds is 3. The van der Waals surface area contributed by atoms with E-state index in [1.807, 2.05) is 0 Å². The van der Waals surface area contributed by atoms with E-state index in [0.717, 1.165) is 12.8 Å². The van der Waals surface area contributed by atoms with Crippen LogP contribution in [0.4, 0.5) is 4.39 Å². The predicted octanol–water partition coefficient (Wildman–Crippen LogP) is 3.04. The van der Waals surface area contributed by atoms with E-state index in [2.05, 4.69) is 18.8 Å². The molecule has 0 aromatic heterocycles. The summed E-state index contributed by atoms with van der Waals surface area (Å²) in [6.07, 6.45) is 2.07. The molecular formula is C14H17FO. The van der Waals surface area contributed by atoms with Gasteiger partial charge in [0.25, 0.3) is 0 Å². The van der Waals surface area contributed by atoms with Crippen molar-refractivity contribution in [2.75, 3.05) is 0 Å². The summed E-state index contributed by atoms with van der Waals surface area (Å²) in [5.74, 6) is 5.25. The quantitative estimate of drug-likeness (QED) is 0.776. The van der Waals surface area contributed by atoms with E-state index < -0.39 is 6.10 Å². The number of aliphatic hydroxyl groups excluding tert-OH is 1. The van der Waals surface area contributed by atoms with Gasteiger partial charge in [-0.3, -0.25) is 0 Å². The average Bonchev–Trinajstić information content (AvgIpc) is 2.28. The third kappa shape index (κ3) is 4.04. The highest BCUT2D eigenvalue weighted by Gasteiger charge is 1.99. The number of unbranched alkanes of at least 4 members (excludes halogenated alkanes) is 1. The van der Waals surface area contributed by atoms with Gasteiger partial charge in [0, 0.05) is 5.56 Å². The van der Waals surface area contributed by atoms with Gasteiger partial charge in [-0.05, 0) is 31.0 Å². The zero-order chi connectivity index (χ0) is 12.0. The normalized spacial score (nSPS) is 11.8. The first-order chi connectivity index (χ1) is 7.63. The fraction of sp³-hybridized carbons (Fsp3) is 0.429. The Balaban J connectivity index is 2.65. The van der Waals surface area contributed by atoms with Gasteiger partial charge >= 0.3 is 0 Å².